The number of benzene rings is 2. The summed E-state index contributed by atoms with van der Waals surface area (Å²) < 4.78 is 46.8. The van der Waals surface area contributed by atoms with E-state index >= 15 is 0 Å². The van der Waals surface area contributed by atoms with Crippen molar-refractivity contribution < 1.29 is 22.7 Å². The lowest BCUT2D eigenvalue weighted by molar-refractivity contribution is -0.142. The quantitative estimate of drug-likeness (QED) is 0.497. The summed E-state index contributed by atoms with van der Waals surface area (Å²) in [6, 6.07) is 12.7. The molecule has 0 aliphatic rings. The number of halogens is 3. The number of hydrogen-bond donors (Lipinski definition) is 1. The van der Waals surface area contributed by atoms with Crippen molar-refractivity contribution in [3.63, 3.8) is 0 Å². The molecular weight excluding hydrogens is 423 g/mol. The van der Waals surface area contributed by atoms with Gasteiger partial charge < -0.3 is 10.1 Å². The van der Waals surface area contributed by atoms with Gasteiger partial charge in [-0.15, -0.1) is 5.10 Å². The molecule has 0 bridgehead atoms. The maximum Gasteiger partial charge on any atom is 0.433 e. The first-order chi connectivity index (χ1) is 15.2. The van der Waals surface area contributed by atoms with Gasteiger partial charge in [0, 0.05) is 11.3 Å². The molecule has 0 aliphatic carbocycles. The van der Waals surface area contributed by atoms with Crippen LogP contribution in [0.2, 0.25) is 0 Å². The normalized spacial score (nSPS) is 11.6. The molecule has 32 heavy (non-hydrogen) atoms. The van der Waals surface area contributed by atoms with Crippen molar-refractivity contribution in [1.82, 2.24) is 19.6 Å². The fourth-order valence-electron chi connectivity index (χ4n) is 3.21. The molecule has 0 unspecified atom stereocenters. The summed E-state index contributed by atoms with van der Waals surface area (Å²) in [4.78, 5) is 20.8. The highest BCUT2D eigenvalue weighted by atomic mass is 19.4. The Hall–Kier alpha value is -3.95. The Morgan fingerprint density at radius 3 is 2.38 bits per heavy atom. The summed E-state index contributed by atoms with van der Waals surface area (Å²) in [7, 11) is 1.49. The van der Waals surface area contributed by atoms with Gasteiger partial charge in [-0.05, 0) is 55.8 Å². The molecule has 1 N–H and O–H groups in total. The van der Waals surface area contributed by atoms with E-state index in [4.69, 9.17) is 4.74 Å². The number of anilines is 1. The van der Waals surface area contributed by atoms with Crippen molar-refractivity contribution in [3.05, 3.63) is 71.2 Å². The molecule has 4 rings (SSSR count). The van der Waals surface area contributed by atoms with Crippen LogP contribution in [0.25, 0.3) is 17.0 Å². The molecule has 7 nitrogen and oxygen atoms in total. The van der Waals surface area contributed by atoms with Crippen molar-refractivity contribution in [2.75, 3.05) is 12.4 Å². The number of fused-ring (bicyclic) bond motifs is 1. The second-order valence-corrected chi connectivity index (χ2v) is 7.17. The molecule has 0 saturated heterocycles. The number of methoxy groups -OCH3 is 1. The van der Waals surface area contributed by atoms with Crippen LogP contribution in [0.3, 0.4) is 0 Å². The molecule has 0 fully saturated rings. The highest BCUT2D eigenvalue weighted by molar-refractivity contribution is 6.02. The molecule has 0 radical (unpaired) electrons. The summed E-state index contributed by atoms with van der Waals surface area (Å²) in [6.45, 7) is 3.72. The smallest absolute Gasteiger partial charge is 0.433 e. The highest BCUT2D eigenvalue weighted by Crippen LogP contribution is 2.32. The number of amides is 1. The van der Waals surface area contributed by atoms with Crippen LogP contribution < -0.4 is 10.1 Å². The molecule has 4 aromatic rings. The summed E-state index contributed by atoms with van der Waals surface area (Å²) >= 11 is 0. The average Bonchev–Trinajstić information content (AvgIpc) is 3.18. The molecule has 0 atom stereocenters. The third-order valence-corrected chi connectivity index (χ3v) is 4.82. The van der Waals surface area contributed by atoms with Gasteiger partial charge in [0.15, 0.2) is 5.69 Å². The number of aromatic nitrogens is 4. The lowest BCUT2D eigenvalue weighted by atomic mass is 10.1. The van der Waals surface area contributed by atoms with Crippen molar-refractivity contribution in [2.45, 2.75) is 20.0 Å². The van der Waals surface area contributed by atoms with Crippen LogP contribution in [0, 0.1) is 13.8 Å². The van der Waals surface area contributed by atoms with E-state index in [0.29, 0.717) is 21.5 Å². The van der Waals surface area contributed by atoms with E-state index < -0.39 is 23.6 Å². The second-order valence-electron chi connectivity index (χ2n) is 7.17. The van der Waals surface area contributed by atoms with Crippen LogP contribution >= 0.6 is 0 Å². The third kappa shape index (κ3) is 4.11. The summed E-state index contributed by atoms with van der Waals surface area (Å²) in [5.41, 5.74) is 1.72. The zero-order chi connectivity index (χ0) is 23.0. The largest absolute Gasteiger partial charge is 0.497 e. The average molecular weight is 441 g/mol. The monoisotopic (exact) mass is 441 g/mol. The predicted molar refractivity (Wildman–Crippen MR) is 112 cm³/mol. The molecule has 2 aromatic carbocycles. The first-order valence-electron chi connectivity index (χ1n) is 9.54. The molecule has 164 valence electrons. The standard InChI is InChI=1S/C22H18F3N5O2/c1-12-4-9-16(13(2)10-12)26-20(31)19-28-21-27-17(14-5-7-15(32-3)8-6-14)11-18(22(23,24)25)30(21)29-19/h4-11H,1-3H3,(H,26,31). The minimum absolute atomic E-state index is 0.0428. The van der Waals surface area contributed by atoms with Gasteiger partial charge in [-0.25, -0.2) is 4.98 Å². The van der Waals surface area contributed by atoms with Crippen LogP contribution in [0.5, 0.6) is 5.75 Å². The lowest BCUT2D eigenvalue weighted by Crippen LogP contribution is -2.16. The number of carbonyl (C=O) groups is 1. The van der Waals surface area contributed by atoms with Gasteiger partial charge in [0.2, 0.25) is 5.82 Å². The van der Waals surface area contributed by atoms with Crippen LogP contribution in [-0.4, -0.2) is 32.6 Å². The number of ether oxygens (including phenoxy) is 1. The third-order valence-electron chi connectivity index (χ3n) is 4.82. The second kappa shape index (κ2) is 7.95. The van der Waals surface area contributed by atoms with Crippen LogP contribution in [0.15, 0.2) is 48.5 Å². The van der Waals surface area contributed by atoms with E-state index in [2.05, 4.69) is 20.4 Å². The summed E-state index contributed by atoms with van der Waals surface area (Å²) in [6.07, 6.45) is -4.74. The Bertz CT molecular complexity index is 1310. The van der Waals surface area contributed by atoms with E-state index in [1.807, 2.05) is 26.0 Å². The molecule has 1 amide bonds. The molecule has 10 heteroatoms. The Kier molecular flexibility index (Phi) is 5.29. The van der Waals surface area contributed by atoms with Gasteiger partial charge in [0.05, 0.1) is 12.8 Å². The van der Waals surface area contributed by atoms with E-state index in [-0.39, 0.29) is 11.5 Å². The topological polar surface area (TPSA) is 81.4 Å². The Balaban J connectivity index is 1.76. The zero-order valence-electron chi connectivity index (χ0n) is 17.4. The molecule has 0 aliphatic heterocycles. The zero-order valence-corrected chi connectivity index (χ0v) is 17.4. The Labute approximate surface area is 180 Å². The fourth-order valence-corrected chi connectivity index (χ4v) is 3.21. The number of nitrogens with one attached hydrogen (secondary N) is 1. The molecular formula is C22H18F3N5O2. The van der Waals surface area contributed by atoms with Crippen LogP contribution in [0.1, 0.15) is 27.4 Å². The van der Waals surface area contributed by atoms with Gasteiger partial charge in [0.25, 0.3) is 11.7 Å². The van der Waals surface area contributed by atoms with Gasteiger partial charge in [-0.1, -0.05) is 17.7 Å². The number of carbonyl (C=O) groups excluding carboxylic acids is 1. The van der Waals surface area contributed by atoms with Gasteiger partial charge in [-0.2, -0.15) is 22.7 Å². The maximum atomic E-state index is 13.7. The van der Waals surface area contributed by atoms with Crippen molar-refractivity contribution >= 4 is 17.4 Å². The maximum absolute atomic E-state index is 13.7. The number of alkyl halides is 3. The van der Waals surface area contributed by atoms with Crippen molar-refractivity contribution in [1.29, 1.82) is 0 Å². The first kappa shape index (κ1) is 21.3. The van der Waals surface area contributed by atoms with Gasteiger partial charge in [0.1, 0.15) is 5.75 Å². The van der Waals surface area contributed by atoms with Gasteiger partial charge >= 0.3 is 6.18 Å². The first-order valence-corrected chi connectivity index (χ1v) is 9.54. The number of hydrogen-bond acceptors (Lipinski definition) is 5. The summed E-state index contributed by atoms with van der Waals surface area (Å²) in [5.74, 6) is -0.938. The van der Waals surface area contributed by atoms with Crippen LogP contribution in [-0.2, 0) is 6.18 Å². The number of rotatable bonds is 4. The molecule has 0 spiro atoms. The molecule has 0 saturated carbocycles. The predicted octanol–water partition coefficient (Wildman–Crippen LogP) is 4.69. The highest BCUT2D eigenvalue weighted by Gasteiger charge is 2.36. The number of nitrogens with zero attached hydrogens (tertiary/aromatic N) is 4. The van der Waals surface area contributed by atoms with E-state index in [9.17, 15) is 18.0 Å². The van der Waals surface area contributed by atoms with E-state index in [0.717, 1.165) is 17.2 Å². The molecule has 2 aromatic heterocycles. The van der Waals surface area contributed by atoms with Crippen LogP contribution in [0.4, 0.5) is 18.9 Å². The SMILES string of the molecule is COc1ccc(-c2cc(C(F)(F)F)n3nc(C(=O)Nc4ccc(C)cc4C)nc3n2)cc1. The minimum Gasteiger partial charge on any atom is -0.497 e. The fraction of sp³-hybridized carbons (Fsp3) is 0.182. The molecule has 2 heterocycles. The van der Waals surface area contributed by atoms with Crippen molar-refractivity contribution in [3.8, 4) is 17.0 Å². The van der Waals surface area contributed by atoms with E-state index in [1.165, 1.54) is 7.11 Å². The Morgan fingerprint density at radius 2 is 1.75 bits per heavy atom. The Morgan fingerprint density at radius 1 is 1.03 bits per heavy atom. The summed E-state index contributed by atoms with van der Waals surface area (Å²) in [5, 5.41) is 6.41. The van der Waals surface area contributed by atoms with E-state index in [1.54, 1.807) is 30.3 Å². The number of aryl methyl sites for hydroxylation is 2. The van der Waals surface area contributed by atoms with Gasteiger partial charge in [-0.3, -0.25) is 4.79 Å². The lowest BCUT2D eigenvalue weighted by Gasteiger charge is -2.10. The minimum atomic E-state index is -4.74. The van der Waals surface area contributed by atoms with Crippen molar-refractivity contribution in [2.24, 2.45) is 0 Å².